The third-order valence-electron chi connectivity index (χ3n) is 5.15. The Kier molecular flexibility index (Phi) is 9.35. The molecule has 3 aromatic rings. The van der Waals surface area contributed by atoms with E-state index in [4.69, 9.17) is 4.74 Å². The molecular formula is C27H27BrN4O4. The quantitative estimate of drug-likeness (QED) is 0.222. The fraction of sp³-hybridized carbons (Fsp3) is 0.185. The van der Waals surface area contributed by atoms with E-state index in [2.05, 4.69) is 37.1 Å². The molecule has 0 heterocycles. The molecule has 3 aromatic carbocycles. The van der Waals surface area contributed by atoms with Crippen molar-refractivity contribution in [1.82, 2.24) is 10.7 Å². The van der Waals surface area contributed by atoms with Gasteiger partial charge in [0.1, 0.15) is 5.75 Å². The number of aryl methyl sites for hydroxylation is 3. The van der Waals surface area contributed by atoms with Crippen molar-refractivity contribution < 1.29 is 19.1 Å². The van der Waals surface area contributed by atoms with Gasteiger partial charge in [0.15, 0.2) is 6.61 Å². The van der Waals surface area contributed by atoms with Gasteiger partial charge in [0.25, 0.3) is 5.91 Å². The number of carbonyl (C=O) groups excluding carboxylic acids is 3. The zero-order valence-corrected chi connectivity index (χ0v) is 21.8. The van der Waals surface area contributed by atoms with Gasteiger partial charge in [-0.3, -0.25) is 14.4 Å². The number of halogens is 1. The van der Waals surface area contributed by atoms with Gasteiger partial charge in [-0.1, -0.05) is 57.9 Å². The smallest absolute Gasteiger partial charge is 0.329 e. The second kappa shape index (κ2) is 12.6. The summed E-state index contributed by atoms with van der Waals surface area (Å²) in [7, 11) is 0. The van der Waals surface area contributed by atoms with Gasteiger partial charge in [-0.25, -0.2) is 5.43 Å². The van der Waals surface area contributed by atoms with E-state index in [1.807, 2.05) is 57.2 Å². The molecule has 3 N–H and O–H groups in total. The van der Waals surface area contributed by atoms with Crippen LogP contribution in [0.5, 0.6) is 5.75 Å². The summed E-state index contributed by atoms with van der Waals surface area (Å²) in [5, 5.41) is 9.24. The molecule has 0 aliphatic carbocycles. The van der Waals surface area contributed by atoms with Crippen molar-refractivity contribution in [2.24, 2.45) is 5.10 Å². The molecule has 8 nitrogen and oxygen atoms in total. The Labute approximate surface area is 218 Å². The van der Waals surface area contributed by atoms with Gasteiger partial charge < -0.3 is 15.4 Å². The monoisotopic (exact) mass is 550 g/mol. The highest BCUT2D eigenvalue weighted by atomic mass is 79.9. The maximum atomic E-state index is 12.4. The van der Waals surface area contributed by atoms with Crippen molar-refractivity contribution >= 4 is 45.6 Å². The van der Waals surface area contributed by atoms with Gasteiger partial charge in [0.05, 0.1) is 6.21 Å². The maximum absolute atomic E-state index is 12.4. The third kappa shape index (κ3) is 8.06. The predicted octanol–water partition coefficient (Wildman–Crippen LogP) is 4.16. The summed E-state index contributed by atoms with van der Waals surface area (Å²) < 4.78 is 6.55. The number of carbonyl (C=O) groups is 3. The maximum Gasteiger partial charge on any atom is 0.329 e. The average Bonchev–Trinajstić information content (AvgIpc) is 2.84. The molecule has 0 saturated carbocycles. The van der Waals surface area contributed by atoms with E-state index in [9.17, 15) is 14.4 Å². The van der Waals surface area contributed by atoms with Crippen LogP contribution in [0.15, 0.2) is 70.2 Å². The van der Waals surface area contributed by atoms with Gasteiger partial charge in [0, 0.05) is 16.7 Å². The lowest BCUT2D eigenvalue weighted by Crippen LogP contribution is -2.37. The van der Waals surface area contributed by atoms with Crippen LogP contribution in [0, 0.1) is 20.8 Å². The number of anilines is 1. The van der Waals surface area contributed by atoms with Gasteiger partial charge in [-0.15, -0.1) is 0 Å². The second-order valence-electron chi connectivity index (χ2n) is 8.19. The predicted molar refractivity (Wildman–Crippen MR) is 143 cm³/mol. The Morgan fingerprint density at radius 1 is 0.944 bits per heavy atom. The first-order valence-electron chi connectivity index (χ1n) is 11.2. The molecule has 0 spiro atoms. The minimum atomic E-state index is -0.874. The molecule has 0 saturated heterocycles. The molecule has 0 bridgehead atoms. The summed E-state index contributed by atoms with van der Waals surface area (Å²) in [6.07, 6.45) is 1.38. The first-order valence-corrected chi connectivity index (χ1v) is 12.0. The number of hydrazone groups is 1. The van der Waals surface area contributed by atoms with Crippen molar-refractivity contribution in [1.29, 1.82) is 0 Å². The molecule has 3 rings (SSSR count). The number of rotatable bonds is 8. The molecular weight excluding hydrogens is 524 g/mol. The summed E-state index contributed by atoms with van der Waals surface area (Å²) in [6, 6.07) is 18.3. The topological polar surface area (TPSA) is 109 Å². The lowest BCUT2D eigenvalue weighted by molar-refractivity contribution is -0.139. The number of amides is 3. The summed E-state index contributed by atoms with van der Waals surface area (Å²) in [5.74, 6) is -1.49. The van der Waals surface area contributed by atoms with Crippen molar-refractivity contribution in [2.45, 2.75) is 27.3 Å². The Morgan fingerprint density at radius 2 is 1.64 bits per heavy atom. The molecule has 0 aromatic heterocycles. The highest BCUT2D eigenvalue weighted by Crippen LogP contribution is 2.25. The number of nitrogens with zero attached hydrogens (tertiary/aromatic N) is 1. The van der Waals surface area contributed by atoms with Crippen molar-refractivity contribution in [3.63, 3.8) is 0 Å². The van der Waals surface area contributed by atoms with Crippen molar-refractivity contribution in [3.05, 3.63) is 93.0 Å². The summed E-state index contributed by atoms with van der Waals surface area (Å²) in [4.78, 5) is 36.3. The lowest BCUT2D eigenvalue weighted by Gasteiger charge is -2.13. The SMILES string of the molecule is Cc1ccc(CNC(=O)C(=O)N/N=C\c2cccc(OCC(=O)Nc3c(C)cc(Br)cc3C)c2)cc1. The van der Waals surface area contributed by atoms with Crippen LogP contribution in [-0.4, -0.2) is 30.5 Å². The van der Waals surface area contributed by atoms with Gasteiger partial charge in [-0.2, -0.15) is 5.10 Å². The molecule has 0 fully saturated rings. The number of hydrogen-bond acceptors (Lipinski definition) is 5. The van der Waals surface area contributed by atoms with E-state index in [0.29, 0.717) is 11.3 Å². The Bertz CT molecular complexity index is 1270. The fourth-order valence-electron chi connectivity index (χ4n) is 3.30. The highest BCUT2D eigenvalue weighted by Gasteiger charge is 2.12. The number of nitrogens with one attached hydrogen (secondary N) is 3. The van der Waals surface area contributed by atoms with E-state index in [0.717, 1.165) is 32.4 Å². The molecule has 9 heteroatoms. The van der Waals surface area contributed by atoms with Crippen molar-refractivity contribution in [3.8, 4) is 5.75 Å². The highest BCUT2D eigenvalue weighted by molar-refractivity contribution is 9.10. The lowest BCUT2D eigenvalue weighted by atomic mass is 10.1. The van der Waals surface area contributed by atoms with Gasteiger partial charge >= 0.3 is 11.8 Å². The number of ether oxygens (including phenoxy) is 1. The summed E-state index contributed by atoms with van der Waals surface area (Å²) in [6.45, 7) is 5.88. The normalized spacial score (nSPS) is 10.7. The molecule has 0 radical (unpaired) electrons. The van der Waals surface area contributed by atoms with Crippen LogP contribution < -0.4 is 20.8 Å². The standard InChI is InChI=1S/C27H27BrN4O4/c1-17-7-9-20(10-8-17)14-29-26(34)27(35)32-30-15-21-5-4-6-23(13-21)36-16-24(33)31-25-18(2)11-22(28)12-19(25)3/h4-13,15H,14,16H2,1-3H3,(H,29,34)(H,31,33)(H,32,35)/b30-15-. The first kappa shape index (κ1) is 26.6. The number of benzene rings is 3. The summed E-state index contributed by atoms with van der Waals surface area (Å²) >= 11 is 3.44. The summed E-state index contributed by atoms with van der Waals surface area (Å²) in [5.41, 5.74) is 7.46. The largest absolute Gasteiger partial charge is 0.484 e. The van der Waals surface area contributed by atoms with Crippen LogP contribution in [0.3, 0.4) is 0 Å². The zero-order valence-electron chi connectivity index (χ0n) is 20.2. The van der Waals surface area contributed by atoms with Crippen LogP contribution in [0.25, 0.3) is 0 Å². The Hall–Kier alpha value is -3.98. The van der Waals surface area contributed by atoms with E-state index in [1.54, 1.807) is 24.3 Å². The van der Waals surface area contributed by atoms with E-state index in [-0.39, 0.29) is 19.1 Å². The molecule has 0 atom stereocenters. The molecule has 3 amide bonds. The van der Waals surface area contributed by atoms with Crippen LogP contribution in [0.4, 0.5) is 5.69 Å². The molecule has 0 aliphatic heterocycles. The first-order chi connectivity index (χ1) is 17.2. The Balaban J connectivity index is 1.47. The van der Waals surface area contributed by atoms with Gasteiger partial charge in [0.2, 0.25) is 0 Å². The minimum absolute atomic E-state index is 0.173. The average molecular weight is 551 g/mol. The van der Waals surface area contributed by atoms with E-state index in [1.165, 1.54) is 6.21 Å². The third-order valence-corrected chi connectivity index (χ3v) is 5.61. The fourth-order valence-corrected chi connectivity index (χ4v) is 3.99. The van der Waals surface area contributed by atoms with Crippen LogP contribution in [0.1, 0.15) is 27.8 Å². The van der Waals surface area contributed by atoms with Crippen LogP contribution in [-0.2, 0) is 20.9 Å². The molecule has 186 valence electrons. The second-order valence-corrected chi connectivity index (χ2v) is 9.11. The van der Waals surface area contributed by atoms with Gasteiger partial charge in [-0.05, 0) is 67.3 Å². The molecule has 36 heavy (non-hydrogen) atoms. The minimum Gasteiger partial charge on any atom is -0.484 e. The number of hydrogen-bond donors (Lipinski definition) is 3. The van der Waals surface area contributed by atoms with E-state index >= 15 is 0 Å². The van der Waals surface area contributed by atoms with Crippen molar-refractivity contribution in [2.75, 3.05) is 11.9 Å². The zero-order chi connectivity index (χ0) is 26.1. The molecule has 0 unspecified atom stereocenters. The van der Waals surface area contributed by atoms with E-state index < -0.39 is 11.8 Å². The Morgan fingerprint density at radius 3 is 2.33 bits per heavy atom. The molecule has 0 aliphatic rings. The van der Waals surface area contributed by atoms with Crippen LogP contribution in [0.2, 0.25) is 0 Å². The van der Waals surface area contributed by atoms with Crippen LogP contribution >= 0.6 is 15.9 Å².